The predicted molar refractivity (Wildman–Crippen MR) is 70.0 cm³/mol. The normalized spacial score (nSPS) is 10.2. The molecule has 0 unspecified atom stereocenters. The Morgan fingerprint density at radius 3 is 2.32 bits per heavy atom. The number of hydrogen-bond donors (Lipinski definition) is 3. The van der Waals surface area contributed by atoms with Crippen molar-refractivity contribution in [1.82, 2.24) is 10.2 Å². The number of nitrogens with zero attached hydrogens (tertiary/aromatic N) is 1. The Hall–Kier alpha value is -2.05. The van der Waals surface area contributed by atoms with Crippen LogP contribution < -0.4 is 5.32 Å². The number of benzene rings is 1. The van der Waals surface area contributed by atoms with Gasteiger partial charge in [-0.05, 0) is 12.1 Å². The molecule has 1 aromatic carbocycles. The summed E-state index contributed by atoms with van der Waals surface area (Å²) in [5, 5.41) is 17.6. The molecule has 0 aliphatic heterocycles. The molecule has 1 heterocycles. The number of carboxylic acid groups (broad SMARTS) is 1. The number of nitrogens with one attached hydrogen (secondary N) is 2. The van der Waals surface area contributed by atoms with E-state index in [2.05, 4.69) is 15.5 Å². The summed E-state index contributed by atoms with van der Waals surface area (Å²) in [6.07, 6.45) is 2.74. The lowest BCUT2D eigenvalue weighted by molar-refractivity contribution is 0.0696. The summed E-state index contributed by atoms with van der Waals surface area (Å²) in [5.41, 5.74) is 0.394. The highest BCUT2D eigenvalue weighted by molar-refractivity contribution is 6.40. The van der Waals surface area contributed by atoms with Crippen molar-refractivity contribution >= 4 is 40.8 Å². The van der Waals surface area contributed by atoms with Crippen LogP contribution in [-0.2, 0) is 0 Å². The smallest absolute Gasteiger partial charge is 0.335 e. The minimum atomic E-state index is -1.16. The van der Waals surface area contributed by atoms with Gasteiger partial charge in [0.2, 0.25) is 0 Å². The van der Waals surface area contributed by atoms with Gasteiger partial charge >= 0.3 is 5.97 Å². The van der Waals surface area contributed by atoms with Crippen LogP contribution in [0.25, 0.3) is 0 Å². The van der Waals surface area contributed by atoms with Gasteiger partial charge in [0.25, 0.3) is 5.91 Å². The largest absolute Gasteiger partial charge is 0.478 e. The number of aromatic carboxylic acids is 1. The molecular formula is C11H7Cl2N3O3. The molecule has 0 spiro atoms. The van der Waals surface area contributed by atoms with Gasteiger partial charge in [0.15, 0.2) is 0 Å². The highest BCUT2D eigenvalue weighted by Crippen LogP contribution is 2.32. The van der Waals surface area contributed by atoms with E-state index >= 15 is 0 Å². The van der Waals surface area contributed by atoms with Gasteiger partial charge in [0.1, 0.15) is 0 Å². The van der Waals surface area contributed by atoms with Crippen LogP contribution in [0.4, 0.5) is 5.69 Å². The number of hydrogen-bond acceptors (Lipinski definition) is 3. The van der Waals surface area contributed by atoms with Gasteiger partial charge in [0, 0.05) is 6.20 Å². The average Bonchev–Trinajstić information content (AvgIpc) is 2.86. The van der Waals surface area contributed by atoms with Crippen molar-refractivity contribution in [1.29, 1.82) is 0 Å². The molecule has 0 atom stereocenters. The lowest BCUT2D eigenvalue weighted by Gasteiger charge is -2.09. The van der Waals surface area contributed by atoms with Crippen LogP contribution in [0.15, 0.2) is 24.5 Å². The van der Waals surface area contributed by atoms with E-state index in [1.54, 1.807) is 0 Å². The Balaban J connectivity index is 2.31. The van der Waals surface area contributed by atoms with E-state index in [4.69, 9.17) is 28.3 Å². The molecule has 1 aromatic heterocycles. The van der Waals surface area contributed by atoms with Crippen molar-refractivity contribution < 1.29 is 14.7 Å². The van der Waals surface area contributed by atoms with Crippen LogP contribution >= 0.6 is 23.2 Å². The molecule has 2 aromatic rings. The van der Waals surface area contributed by atoms with Gasteiger partial charge in [-0.15, -0.1) is 0 Å². The summed E-state index contributed by atoms with van der Waals surface area (Å²) in [6.45, 7) is 0. The van der Waals surface area contributed by atoms with E-state index in [-0.39, 0.29) is 21.3 Å². The van der Waals surface area contributed by atoms with Crippen molar-refractivity contribution in [2.45, 2.75) is 0 Å². The first-order chi connectivity index (χ1) is 8.99. The zero-order valence-electron chi connectivity index (χ0n) is 9.28. The molecule has 0 saturated carbocycles. The number of aromatic amines is 1. The molecule has 6 nitrogen and oxygen atoms in total. The van der Waals surface area contributed by atoms with E-state index in [1.807, 2.05) is 0 Å². The topological polar surface area (TPSA) is 95.1 Å². The Morgan fingerprint density at radius 1 is 1.21 bits per heavy atom. The average molecular weight is 300 g/mol. The first-order valence-corrected chi connectivity index (χ1v) is 5.77. The Labute approximate surface area is 117 Å². The number of carbonyl (C=O) groups is 2. The highest BCUT2D eigenvalue weighted by atomic mass is 35.5. The molecule has 0 bridgehead atoms. The first-order valence-electron chi connectivity index (χ1n) is 5.01. The highest BCUT2D eigenvalue weighted by Gasteiger charge is 2.15. The summed E-state index contributed by atoms with van der Waals surface area (Å²) in [7, 11) is 0. The van der Waals surface area contributed by atoms with Crippen molar-refractivity contribution in [2.24, 2.45) is 0 Å². The van der Waals surface area contributed by atoms with E-state index in [0.29, 0.717) is 5.56 Å². The van der Waals surface area contributed by atoms with E-state index in [0.717, 1.165) is 0 Å². The lowest BCUT2D eigenvalue weighted by Crippen LogP contribution is -2.12. The summed E-state index contributed by atoms with van der Waals surface area (Å²) in [5.74, 6) is -1.61. The number of rotatable bonds is 3. The molecule has 1 amide bonds. The SMILES string of the molecule is O=C(O)c1cc(Cl)c(NC(=O)c2cn[nH]c2)c(Cl)c1. The quantitative estimate of drug-likeness (QED) is 0.812. The van der Waals surface area contributed by atoms with E-state index in [1.165, 1.54) is 24.5 Å². The number of aromatic nitrogens is 2. The third kappa shape index (κ3) is 2.86. The third-order valence-electron chi connectivity index (χ3n) is 2.29. The van der Waals surface area contributed by atoms with Gasteiger partial charge in [-0.3, -0.25) is 9.89 Å². The van der Waals surface area contributed by atoms with Gasteiger partial charge < -0.3 is 10.4 Å². The molecule has 2 rings (SSSR count). The third-order valence-corrected chi connectivity index (χ3v) is 2.88. The van der Waals surface area contributed by atoms with Crippen LogP contribution in [0, 0.1) is 0 Å². The van der Waals surface area contributed by atoms with E-state index in [9.17, 15) is 9.59 Å². The van der Waals surface area contributed by atoms with Crippen molar-refractivity contribution in [3.8, 4) is 0 Å². The van der Waals surface area contributed by atoms with Crippen molar-refractivity contribution in [3.05, 3.63) is 45.7 Å². The zero-order chi connectivity index (χ0) is 14.0. The standard InChI is InChI=1S/C11H7Cl2N3O3/c12-7-1-5(11(18)19)2-8(13)9(7)16-10(17)6-3-14-15-4-6/h1-4H,(H,14,15)(H,16,17)(H,18,19). The molecule has 0 saturated heterocycles. The van der Waals surface area contributed by atoms with E-state index < -0.39 is 11.9 Å². The van der Waals surface area contributed by atoms with Crippen LogP contribution in [0.3, 0.4) is 0 Å². The molecule has 0 aliphatic carbocycles. The maximum Gasteiger partial charge on any atom is 0.335 e. The fourth-order valence-electron chi connectivity index (χ4n) is 1.38. The van der Waals surface area contributed by atoms with Crippen LogP contribution in [0.1, 0.15) is 20.7 Å². The van der Waals surface area contributed by atoms with Gasteiger partial charge in [-0.1, -0.05) is 23.2 Å². The van der Waals surface area contributed by atoms with Crippen LogP contribution in [0.5, 0.6) is 0 Å². The summed E-state index contributed by atoms with van der Waals surface area (Å²) in [6, 6.07) is 2.42. The summed E-state index contributed by atoms with van der Waals surface area (Å²) in [4.78, 5) is 22.6. The molecular weight excluding hydrogens is 293 g/mol. The van der Waals surface area contributed by atoms with Gasteiger partial charge in [0.05, 0.1) is 33.1 Å². The minimum Gasteiger partial charge on any atom is -0.478 e. The fraction of sp³-hybridized carbons (Fsp3) is 0. The maximum atomic E-state index is 11.8. The maximum absolute atomic E-state index is 11.8. The molecule has 3 N–H and O–H groups in total. The van der Waals surface area contributed by atoms with Gasteiger partial charge in [-0.2, -0.15) is 5.10 Å². The molecule has 0 fully saturated rings. The second-order valence-corrected chi connectivity index (χ2v) is 4.38. The minimum absolute atomic E-state index is 0.0433. The fourth-order valence-corrected chi connectivity index (χ4v) is 1.96. The number of H-pyrrole nitrogens is 1. The number of halogens is 2. The molecule has 0 radical (unpaired) electrons. The van der Waals surface area contributed by atoms with Crippen molar-refractivity contribution in [3.63, 3.8) is 0 Å². The number of carboxylic acids is 1. The first kappa shape index (κ1) is 13.4. The number of amides is 1. The Bertz CT molecular complexity index is 618. The number of carbonyl (C=O) groups excluding carboxylic acids is 1. The second-order valence-electron chi connectivity index (χ2n) is 3.56. The van der Waals surface area contributed by atoms with Crippen molar-refractivity contribution in [2.75, 3.05) is 5.32 Å². The Kier molecular flexibility index (Phi) is 3.73. The Morgan fingerprint density at radius 2 is 1.84 bits per heavy atom. The summed E-state index contributed by atoms with van der Waals surface area (Å²) >= 11 is 11.8. The molecule has 0 aliphatic rings. The zero-order valence-corrected chi connectivity index (χ0v) is 10.8. The second kappa shape index (κ2) is 5.29. The predicted octanol–water partition coefficient (Wildman–Crippen LogP) is 2.67. The number of anilines is 1. The van der Waals surface area contributed by atoms with Crippen LogP contribution in [0.2, 0.25) is 10.0 Å². The monoisotopic (exact) mass is 299 g/mol. The lowest BCUT2D eigenvalue weighted by atomic mass is 10.2. The molecule has 19 heavy (non-hydrogen) atoms. The molecule has 98 valence electrons. The van der Waals surface area contributed by atoms with Crippen LogP contribution in [-0.4, -0.2) is 27.2 Å². The van der Waals surface area contributed by atoms with Gasteiger partial charge in [-0.25, -0.2) is 4.79 Å². The summed E-state index contributed by atoms with van der Waals surface area (Å²) < 4.78 is 0. The molecule has 8 heteroatoms.